The lowest BCUT2D eigenvalue weighted by Crippen LogP contribution is -2.26. The molecule has 3 nitrogen and oxygen atoms in total. The number of aromatic nitrogens is 1. The summed E-state index contributed by atoms with van der Waals surface area (Å²) in [7, 11) is 1.74. The topological polar surface area (TPSA) is 33.2 Å². The summed E-state index contributed by atoms with van der Waals surface area (Å²) in [5.74, 6) is -0.0915. The molecule has 0 saturated heterocycles. The smallest absolute Gasteiger partial charge is 0.273 e. The fourth-order valence-corrected chi connectivity index (χ4v) is 2.19. The molecule has 1 aromatic heterocycles. The molecular formula is C12H11ClN2OS. The minimum absolute atomic E-state index is 0.0915. The van der Waals surface area contributed by atoms with E-state index in [0.29, 0.717) is 17.3 Å². The summed E-state index contributed by atoms with van der Waals surface area (Å²) >= 11 is 7.46. The first-order valence-electron chi connectivity index (χ1n) is 5.05. The van der Waals surface area contributed by atoms with Gasteiger partial charge in [-0.15, -0.1) is 11.3 Å². The first-order valence-corrected chi connectivity index (χ1v) is 6.37. The number of hydrogen-bond acceptors (Lipinski definition) is 3. The SMILES string of the molecule is CN(Cc1ccccc1Cl)C(=O)c1cscn1. The zero-order valence-electron chi connectivity index (χ0n) is 9.26. The number of carbonyl (C=O) groups is 1. The molecule has 0 bridgehead atoms. The van der Waals surface area contributed by atoms with Gasteiger partial charge in [-0.1, -0.05) is 29.8 Å². The van der Waals surface area contributed by atoms with E-state index in [0.717, 1.165) is 5.56 Å². The fourth-order valence-electron chi connectivity index (χ4n) is 1.47. The molecule has 0 fully saturated rings. The van der Waals surface area contributed by atoms with E-state index in [-0.39, 0.29) is 5.91 Å². The zero-order valence-corrected chi connectivity index (χ0v) is 10.8. The lowest BCUT2D eigenvalue weighted by atomic mass is 10.2. The van der Waals surface area contributed by atoms with E-state index in [1.165, 1.54) is 11.3 Å². The maximum atomic E-state index is 11.9. The van der Waals surface area contributed by atoms with Crippen molar-refractivity contribution in [1.29, 1.82) is 0 Å². The van der Waals surface area contributed by atoms with Crippen molar-refractivity contribution >= 4 is 28.8 Å². The van der Waals surface area contributed by atoms with Crippen LogP contribution in [0.4, 0.5) is 0 Å². The third-order valence-corrected chi connectivity index (χ3v) is 3.32. The Hall–Kier alpha value is -1.39. The van der Waals surface area contributed by atoms with Crippen molar-refractivity contribution < 1.29 is 4.79 Å². The van der Waals surface area contributed by atoms with Crippen molar-refractivity contribution in [3.63, 3.8) is 0 Å². The Balaban J connectivity index is 2.10. The zero-order chi connectivity index (χ0) is 12.3. The number of amides is 1. The largest absolute Gasteiger partial charge is 0.336 e. The third kappa shape index (κ3) is 2.84. The lowest BCUT2D eigenvalue weighted by Gasteiger charge is -2.16. The summed E-state index contributed by atoms with van der Waals surface area (Å²) in [6, 6.07) is 7.50. The van der Waals surface area contributed by atoms with Crippen molar-refractivity contribution in [2.24, 2.45) is 0 Å². The summed E-state index contributed by atoms with van der Waals surface area (Å²) < 4.78 is 0. The molecule has 2 aromatic rings. The standard InChI is InChI=1S/C12H11ClN2OS/c1-15(12(16)11-7-17-8-14-11)6-9-4-2-3-5-10(9)13/h2-5,7-8H,6H2,1H3. The predicted octanol–water partition coefficient (Wildman–Crippen LogP) is 3.07. The van der Waals surface area contributed by atoms with Crippen LogP contribution in [0.3, 0.4) is 0 Å². The Morgan fingerprint density at radius 2 is 2.24 bits per heavy atom. The maximum absolute atomic E-state index is 11.9. The first kappa shape index (κ1) is 12.1. The molecule has 0 unspecified atom stereocenters. The lowest BCUT2D eigenvalue weighted by molar-refractivity contribution is 0.0780. The molecule has 0 saturated carbocycles. The van der Waals surface area contributed by atoms with E-state index in [9.17, 15) is 4.79 Å². The molecule has 0 N–H and O–H groups in total. The van der Waals surface area contributed by atoms with Crippen molar-refractivity contribution in [2.45, 2.75) is 6.54 Å². The van der Waals surface area contributed by atoms with Crippen LogP contribution in [-0.2, 0) is 6.54 Å². The molecule has 1 amide bonds. The minimum atomic E-state index is -0.0915. The van der Waals surface area contributed by atoms with Gasteiger partial charge in [0.15, 0.2) is 0 Å². The van der Waals surface area contributed by atoms with E-state index in [1.807, 2.05) is 24.3 Å². The van der Waals surface area contributed by atoms with Crippen LogP contribution in [0.2, 0.25) is 5.02 Å². The Bertz CT molecular complexity index is 513. The van der Waals surface area contributed by atoms with E-state index >= 15 is 0 Å². The Morgan fingerprint density at radius 3 is 2.88 bits per heavy atom. The summed E-state index contributed by atoms with van der Waals surface area (Å²) in [4.78, 5) is 17.6. The maximum Gasteiger partial charge on any atom is 0.273 e. The average Bonchev–Trinajstić information content (AvgIpc) is 2.84. The van der Waals surface area contributed by atoms with Crippen molar-refractivity contribution in [3.8, 4) is 0 Å². The predicted molar refractivity (Wildman–Crippen MR) is 69.4 cm³/mol. The van der Waals surface area contributed by atoms with Crippen molar-refractivity contribution in [3.05, 3.63) is 51.4 Å². The van der Waals surface area contributed by atoms with Crippen LogP contribution in [0, 0.1) is 0 Å². The van der Waals surface area contributed by atoms with Crippen LogP contribution in [0.5, 0.6) is 0 Å². The van der Waals surface area contributed by atoms with Crippen LogP contribution < -0.4 is 0 Å². The van der Waals surface area contributed by atoms with E-state index in [4.69, 9.17) is 11.6 Å². The van der Waals surface area contributed by atoms with Crippen LogP contribution in [0.25, 0.3) is 0 Å². The number of rotatable bonds is 3. The Labute approximate surface area is 109 Å². The van der Waals surface area contributed by atoms with Crippen molar-refractivity contribution in [2.75, 3.05) is 7.05 Å². The highest BCUT2D eigenvalue weighted by molar-refractivity contribution is 7.07. The summed E-state index contributed by atoms with van der Waals surface area (Å²) in [5.41, 5.74) is 3.06. The van der Waals surface area contributed by atoms with Gasteiger partial charge < -0.3 is 4.90 Å². The second-order valence-corrected chi connectivity index (χ2v) is 4.75. The van der Waals surface area contributed by atoms with Crippen LogP contribution in [0.15, 0.2) is 35.2 Å². The summed E-state index contributed by atoms with van der Waals surface area (Å²) in [6.07, 6.45) is 0. The van der Waals surface area contributed by atoms with Gasteiger partial charge in [-0.05, 0) is 11.6 Å². The molecule has 0 radical (unpaired) electrons. The highest BCUT2D eigenvalue weighted by Gasteiger charge is 2.14. The molecule has 0 aliphatic rings. The van der Waals surface area contributed by atoms with E-state index in [1.54, 1.807) is 22.8 Å². The monoisotopic (exact) mass is 266 g/mol. The highest BCUT2D eigenvalue weighted by atomic mass is 35.5. The molecule has 0 spiro atoms. The van der Waals surface area contributed by atoms with Gasteiger partial charge >= 0.3 is 0 Å². The van der Waals surface area contributed by atoms with E-state index < -0.39 is 0 Å². The second kappa shape index (κ2) is 5.29. The molecule has 1 aromatic carbocycles. The fraction of sp³-hybridized carbons (Fsp3) is 0.167. The second-order valence-electron chi connectivity index (χ2n) is 3.63. The molecule has 5 heteroatoms. The third-order valence-electron chi connectivity index (χ3n) is 2.36. The first-order chi connectivity index (χ1) is 8.18. The molecule has 2 rings (SSSR count). The molecule has 1 heterocycles. The Morgan fingerprint density at radius 1 is 1.47 bits per heavy atom. The molecule has 0 aliphatic carbocycles. The molecule has 88 valence electrons. The van der Waals surface area contributed by atoms with Crippen molar-refractivity contribution in [1.82, 2.24) is 9.88 Å². The van der Waals surface area contributed by atoms with Gasteiger partial charge in [0, 0.05) is 24.0 Å². The molecule has 17 heavy (non-hydrogen) atoms. The highest BCUT2D eigenvalue weighted by Crippen LogP contribution is 2.17. The van der Waals surface area contributed by atoms with Gasteiger partial charge in [-0.25, -0.2) is 4.98 Å². The van der Waals surface area contributed by atoms with Crippen LogP contribution >= 0.6 is 22.9 Å². The van der Waals surface area contributed by atoms with Gasteiger partial charge in [-0.2, -0.15) is 0 Å². The molecule has 0 aliphatic heterocycles. The van der Waals surface area contributed by atoms with Gasteiger partial charge in [-0.3, -0.25) is 4.79 Å². The summed E-state index contributed by atoms with van der Waals surface area (Å²) in [6.45, 7) is 0.482. The van der Waals surface area contributed by atoms with E-state index in [2.05, 4.69) is 4.98 Å². The minimum Gasteiger partial charge on any atom is -0.336 e. The van der Waals surface area contributed by atoms with Gasteiger partial charge in [0.25, 0.3) is 5.91 Å². The summed E-state index contributed by atoms with van der Waals surface area (Å²) in [5, 5.41) is 2.41. The number of carbonyl (C=O) groups excluding carboxylic acids is 1. The number of halogens is 1. The normalized spacial score (nSPS) is 10.2. The van der Waals surface area contributed by atoms with Gasteiger partial charge in [0.05, 0.1) is 5.51 Å². The van der Waals surface area contributed by atoms with Crippen LogP contribution in [-0.4, -0.2) is 22.8 Å². The quantitative estimate of drug-likeness (QED) is 0.855. The van der Waals surface area contributed by atoms with Crippen LogP contribution in [0.1, 0.15) is 16.1 Å². The van der Waals surface area contributed by atoms with Gasteiger partial charge in [0.2, 0.25) is 0 Å². The number of hydrogen-bond donors (Lipinski definition) is 0. The average molecular weight is 267 g/mol. The number of nitrogens with zero attached hydrogens (tertiary/aromatic N) is 2. The Kier molecular flexibility index (Phi) is 3.76. The van der Waals surface area contributed by atoms with Gasteiger partial charge in [0.1, 0.15) is 5.69 Å². The molecule has 0 atom stereocenters. The number of benzene rings is 1. The number of thiazole rings is 1. The molecular weight excluding hydrogens is 256 g/mol.